The Morgan fingerprint density at radius 3 is 2.47 bits per heavy atom. The molecule has 1 aromatic heterocycles. The maximum Gasteiger partial charge on any atom is 0.416 e. The number of nitrogens with one attached hydrogen (secondary N) is 1. The van der Waals surface area contributed by atoms with Crippen LogP contribution in [0.4, 0.5) is 18.9 Å². The average molecular weight is 496 g/mol. The molecule has 0 aliphatic carbocycles. The van der Waals surface area contributed by atoms with Crippen LogP contribution in [0.15, 0.2) is 29.7 Å². The van der Waals surface area contributed by atoms with Crippen LogP contribution in [0.25, 0.3) is 0 Å². The summed E-state index contributed by atoms with van der Waals surface area (Å²) in [7, 11) is -3.24. The third kappa shape index (κ3) is 3.68. The molecule has 0 saturated carbocycles. The fourth-order valence-corrected chi connectivity index (χ4v) is 6.12. The number of nitrogens with zero attached hydrogens (tertiary/aromatic N) is 3. The molecule has 34 heavy (non-hydrogen) atoms. The Bertz CT molecular complexity index is 1310. The number of fused-ring (bicyclic) bond motifs is 1. The fourth-order valence-electron chi connectivity index (χ4n) is 4.92. The van der Waals surface area contributed by atoms with Crippen molar-refractivity contribution >= 4 is 15.5 Å². The number of allylic oxidation sites excluding steroid dienone is 1. The van der Waals surface area contributed by atoms with Gasteiger partial charge >= 0.3 is 6.18 Å². The Morgan fingerprint density at radius 1 is 1.26 bits per heavy atom. The van der Waals surface area contributed by atoms with Crippen molar-refractivity contribution in [2.45, 2.75) is 32.4 Å². The zero-order valence-corrected chi connectivity index (χ0v) is 19.6. The number of ether oxygens (including phenoxy) is 1. The lowest BCUT2D eigenvalue weighted by Crippen LogP contribution is -2.43. The van der Waals surface area contributed by atoms with Gasteiger partial charge in [-0.2, -0.15) is 18.4 Å². The molecule has 8 nitrogen and oxygen atoms in total. The topological polar surface area (TPSA) is 125 Å². The first-order chi connectivity index (χ1) is 15.8. The van der Waals surface area contributed by atoms with Gasteiger partial charge in [0, 0.05) is 24.5 Å². The quantitative estimate of drug-likeness (QED) is 0.671. The maximum absolute atomic E-state index is 14.0. The van der Waals surface area contributed by atoms with Gasteiger partial charge in [-0.05, 0) is 36.6 Å². The zero-order chi connectivity index (χ0) is 25.1. The number of alkyl halides is 3. The number of aromatic nitrogens is 2. The van der Waals surface area contributed by atoms with Crippen molar-refractivity contribution in [2.75, 3.05) is 29.5 Å². The average Bonchev–Trinajstić information content (AvgIpc) is 3.11. The van der Waals surface area contributed by atoms with E-state index >= 15 is 0 Å². The molecule has 0 radical (unpaired) electrons. The van der Waals surface area contributed by atoms with E-state index in [-0.39, 0.29) is 53.2 Å². The number of benzene rings is 1. The van der Waals surface area contributed by atoms with Crippen LogP contribution < -0.4 is 15.4 Å². The van der Waals surface area contributed by atoms with Crippen LogP contribution >= 0.6 is 0 Å². The van der Waals surface area contributed by atoms with Crippen molar-refractivity contribution in [2.24, 2.45) is 11.7 Å². The third-order valence-electron chi connectivity index (χ3n) is 6.54. The van der Waals surface area contributed by atoms with Crippen molar-refractivity contribution in [3.8, 4) is 11.9 Å². The van der Waals surface area contributed by atoms with Crippen LogP contribution in [0, 0.1) is 24.2 Å². The maximum atomic E-state index is 14.0. The molecule has 2 aliphatic rings. The lowest BCUT2D eigenvalue weighted by Gasteiger charge is -2.41. The Morgan fingerprint density at radius 2 is 1.91 bits per heavy atom. The van der Waals surface area contributed by atoms with E-state index in [1.165, 1.54) is 0 Å². The monoisotopic (exact) mass is 495 g/mol. The summed E-state index contributed by atoms with van der Waals surface area (Å²) in [5.41, 5.74) is 5.20. The van der Waals surface area contributed by atoms with Gasteiger partial charge in [0.1, 0.15) is 11.6 Å². The molecule has 4 rings (SSSR count). The summed E-state index contributed by atoms with van der Waals surface area (Å²) in [5, 5.41) is 17.0. The van der Waals surface area contributed by atoms with Crippen molar-refractivity contribution < 1.29 is 26.3 Å². The highest BCUT2D eigenvalue weighted by Gasteiger charge is 2.51. The summed E-state index contributed by atoms with van der Waals surface area (Å²) in [6.45, 7) is 5.42. The Kier molecular flexibility index (Phi) is 5.59. The molecule has 0 amide bonds. The zero-order valence-electron chi connectivity index (χ0n) is 18.8. The second-order valence-corrected chi connectivity index (χ2v) is 11.2. The van der Waals surface area contributed by atoms with E-state index in [2.05, 4.69) is 16.3 Å². The van der Waals surface area contributed by atoms with Crippen molar-refractivity contribution in [3.63, 3.8) is 0 Å². The number of H-pyrrole nitrogens is 1. The molecule has 12 heteroatoms. The predicted octanol–water partition coefficient (Wildman–Crippen LogP) is 3.00. The standard InChI is InChI=1S/C22H24F3N5O3S/c1-12(2)21(17(11-26)19(27)33-20-18(21)13(3)28-29-20)14-8-15(22(23,24)25)10-16(9-14)30-4-6-34(31,32)7-5-30/h8-10,12H,4-7,27H2,1-3H3,(H,28,29). The number of anilines is 1. The van der Waals surface area contributed by atoms with Gasteiger partial charge in [0.15, 0.2) is 9.84 Å². The number of sulfone groups is 1. The van der Waals surface area contributed by atoms with Gasteiger partial charge in [-0.3, -0.25) is 5.10 Å². The summed E-state index contributed by atoms with van der Waals surface area (Å²) in [6.07, 6.45) is -4.67. The van der Waals surface area contributed by atoms with E-state index in [0.717, 1.165) is 12.1 Å². The number of hydrogen-bond acceptors (Lipinski definition) is 7. The fraction of sp³-hybridized carbons (Fsp3) is 0.455. The summed E-state index contributed by atoms with van der Waals surface area (Å²) in [5.74, 6) is -0.840. The number of hydrogen-bond donors (Lipinski definition) is 2. The Balaban J connectivity index is 2.03. The Hall–Kier alpha value is -3.20. The molecule has 1 aromatic carbocycles. The second kappa shape index (κ2) is 7.94. The minimum absolute atomic E-state index is 0.00834. The third-order valence-corrected chi connectivity index (χ3v) is 8.15. The largest absolute Gasteiger partial charge is 0.420 e. The molecule has 1 atom stereocenters. The minimum Gasteiger partial charge on any atom is -0.420 e. The number of aromatic amines is 1. The summed E-state index contributed by atoms with van der Waals surface area (Å²) < 4.78 is 71.4. The molecule has 2 aliphatic heterocycles. The normalized spacial score (nSPS) is 22.4. The van der Waals surface area contributed by atoms with E-state index in [4.69, 9.17) is 10.5 Å². The summed E-state index contributed by atoms with van der Waals surface area (Å²) in [4.78, 5) is 1.62. The number of aryl methyl sites for hydroxylation is 1. The van der Waals surface area contributed by atoms with Crippen LogP contribution in [-0.2, 0) is 21.4 Å². The first-order valence-corrected chi connectivity index (χ1v) is 12.4. The van der Waals surface area contributed by atoms with Gasteiger partial charge in [0.25, 0.3) is 0 Å². The molecule has 3 N–H and O–H groups in total. The minimum atomic E-state index is -4.67. The molecule has 1 unspecified atom stereocenters. The van der Waals surface area contributed by atoms with Crippen LogP contribution in [0.1, 0.15) is 36.2 Å². The second-order valence-electron chi connectivity index (χ2n) is 8.85. The Labute approximate surface area is 195 Å². The molecular formula is C22H24F3N5O3S. The number of nitriles is 1. The highest BCUT2D eigenvalue weighted by Crippen LogP contribution is 2.53. The lowest BCUT2D eigenvalue weighted by atomic mass is 9.61. The van der Waals surface area contributed by atoms with Gasteiger partial charge in [-0.25, -0.2) is 8.42 Å². The van der Waals surface area contributed by atoms with Gasteiger partial charge in [-0.1, -0.05) is 13.8 Å². The highest BCUT2D eigenvalue weighted by molar-refractivity contribution is 7.91. The van der Waals surface area contributed by atoms with Crippen LogP contribution in [-0.4, -0.2) is 43.2 Å². The van der Waals surface area contributed by atoms with Crippen LogP contribution in [0.2, 0.25) is 0 Å². The number of nitrogens with two attached hydrogens (primary N) is 1. The highest BCUT2D eigenvalue weighted by atomic mass is 32.2. The van der Waals surface area contributed by atoms with E-state index in [0.29, 0.717) is 11.3 Å². The molecule has 3 heterocycles. The molecule has 0 bridgehead atoms. The summed E-state index contributed by atoms with van der Waals surface area (Å²) in [6, 6.07) is 5.68. The molecule has 0 spiro atoms. The van der Waals surface area contributed by atoms with E-state index in [1.54, 1.807) is 31.7 Å². The van der Waals surface area contributed by atoms with Gasteiger partial charge < -0.3 is 15.4 Å². The van der Waals surface area contributed by atoms with Crippen molar-refractivity contribution in [1.82, 2.24) is 10.2 Å². The molecule has 1 saturated heterocycles. The molecule has 182 valence electrons. The van der Waals surface area contributed by atoms with Crippen molar-refractivity contribution in [3.05, 3.63) is 52.0 Å². The van der Waals surface area contributed by atoms with Crippen LogP contribution in [0.5, 0.6) is 5.88 Å². The van der Waals surface area contributed by atoms with Gasteiger partial charge in [-0.15, -0.1) is 5.10 Å². The molecule has 2 aromatic rings. The smallest absolute Gasteiger partial charge is 0.416 e. The van der Waals surface area contributed by atoms with Gasteiger partial charge in [0.2, 0.25) is 11.8 Å². The number of halogens is 3. The van der Waals surface area contributed by atoms with E-state index in [1.807, 2.05) is 0 Å². The van der Waals surface area contributed by atoms with E-state index < -0.39 is 32.9 Å². The summed E-state index contributed by atoms with van der Waals surface area (Å²) >= 11 is 0. The molecular weight excluding hydrogens is 471 g/mol. The first kappa shape index (κ1) is 23.9. The first-order valence-electron chi connectivity index (χ1n) is 10.6. The van der Waals surface area contributed by atoms with Crippen molar-refractivity contribution in [1.29, 1.82) is 5.26 Å². The van der Waals surface area contributed by atoms with E-state index in [9.17, 15) is 26.9 Å². The van der Waals surface area contributed by atoms with Gasteiger partial charge in [0.05, 0.1) is 28.0 Å². The molecule has 1 fully saturated rings. The lowest BCUT2D eigenvalue weighted by molar-refractivity contribution is -0.137. The number of rotatable bonds is 3. The predicted molar refractivity (Wildman–Crippen MR) is 119 cm³/mol. The SMILES string of the molecule is Cc1[nH]nc2c1C(c1cc(N3CCS(=O)(=O)CC3)cc(C(F)(F)F)c1)(C(C)C)C(C#N)=C(N)O2. The van der Waals surface area contributed by atoms with Crippen LogP contribution in [0.3, 0.4) is 0 Å².